The predicted octanol–water partition coefficient (Wildman–Crippen LogP) is 1.49. The van der Waals surface area contributed by atoms with E-state index < -0.39 is 0 Å². The van der Waals surface area contributed by atoms with Gasteiger partial charge in [0.1, 0.15) is 5.69 Å². The second-order valence-corrected chi connectivity index (χ2v) is 5.08. The average Bonchev–Trinajstić information content (AvgIpc) is 2.36. The van der Waals surface area contributed by atoms with E-state index in [0.29, 0.717) is 11.6 Å². The number of rotatable bonds is 3. The molecule has 1 aliphatic rings. The van der Waals surface area contributed by atoms with Crippen LogP contribution in [0.1, 0.15) is 16.1 Å². The van der Waals surface area contributed by atoms with Crippen LogP contribution in [0.25, 0.3) is 10.9 Å². The standard InChI is InChI=1S/C15H17N3O/c1-10-6-14(15(19)17-9-11-7-16-8-11)18-13-5-3-2-4-12(10)13/h2-6,11,16H,7-9H2,1H3,(H,17,19). The molecule has 98 valence electrons. The number of pyridine rings is 1. The highest BCUT2D eigenvalue weighted by molar-refractivity contribution is 5.95. The number of nitrogens with one attached hydrogen (secondary N) is 2. The maximum Gasteiger partial charge on any atom is 0.269 e. The van der Waals surface area contributed by atoms with Crippen molar-refractivity contribution in [1.29, 1.82) is 0 Å². The van der Waals surface area contributed by atoms with Crippen molar-refractivity contribution in [1.82, 2.24) is 15.6 Å². The first-order valence-electron chi connectivity index (χ1n) is 6.59. The molecular formula is C15H17N3O. The summed E-state index contributed by atoms with van der Waals surface area (Å²) >= 11 is 0. The number of carbonyl (C=O) groups excluding carboxylic acids is 1. The van der Waals surface area contributed by atoms with E-state index >= 15 is 0 Å². The molecule has 1 aromatic carbocycles. The van der Waals surface area contributed by atoms with E-state index in [1.807, 2.05) is 37.3 Å². The third-order valence-electron chi connectivity index (χ3n) is 3.57. The Morgan fingerprint density at radius 3 is 2.95 bits per heavy atom. The van der Waals surface area contributed by atoms with Crippen LogP contribution in [-0.2, 0) is 0 Å². The van der Waals surface area contributed by atoms with Crippen molar-refractivity contribution in [3.63, 3.8) is 0 Å². The van der Waals surface area contributed by atoms with Crippen molar-refractivity contribution in [2.45, 2.75) is 6.92 Å². The van der Waals surface area contributed by atoms with Crippen molar-refractivity contribution in [3.05, 3.63) is 41.6 Å². The van der Waals surface area contributed by atoms with Gasteiger partial charge in [0.25, 0.3) is 5.91 Å². The predicted molar refractivity (Wildman–Crippen MR) is 75.2 cm³/mol. The number of benzene rings is 1. The van der Waals surface area contributed by atoms with Crippen LogP contribution in [0.2, 0.25) is 0 Å². The van der Waals surface area contributed by atoms with Gasteiger partial charge in [-0.15, -0.1) is 0 Å². The summed E-state index contributed by atoms with van der Waals surface area (Å²) in [5, 5.41) is 7.24. The molecule has 19 heavy (non-hydrogen) atoms. The van der Waals surface area contributed by atoms with Crippen molar-refractivity contribution >= 4 is 16.8 Å². The largest absolute Gasteiger partial charge is 0.350 e. The Morgan fingerprint density at radius 2 is 2.21 bits per heavy atom. The smallest absolute Gasteiger partial charge is 0.269 e. The van der Waals surface area contributed by atoms with Gasteiger partial charge in [-0.2, -0.15) is 0 Å². The molecule has 4 nitrogen and oxygen atoms in total. The lowest BCUT2D eigenvalue weighted by Crippen LogP contribution is -2.48. The van der Waals surface area contributed by atoms with E-state index in [2.05, 4.69) is 15.6 Å². The summed E-state index contributed by atoms with van der Waals surface area (Å²) in [7, 11) is 0. The molecule has 2 N–H and O–H groups in total. The Labute approximate surface area is 112 Å². The quantitative estimate of drug-likeness (QED) is 0.873. The van der Waals surface area contributed by atoms with E-state index in [-0.39, 0.29) is 5.91 Å². The molecule has 2 heterocycles. The van der Waals surface area contributed by atoms with Gasteiger partial charge in [0, 0.05) is 30.9 Å². The summed E-state index contributed by atoms with van der Waals surface area (Å²) < 4.78 is 0. The molecule has 1 saturated heterocycles. The van der Waals surface area contributed by atoms with Gasteiger partial charge >= 0.3 is 0 Å². The number of aryl methyl sites for hydroxylation is 1. The minimum Gasteiger partial charge on any atom is -0.350 e. The Kier molecular flexibility index (Phi) is 3.17. The van der Waals surface area contributed by atoms with E-state index in [1.54, 1.807) is 0 Å². The first kappa shape index (κ1) is 12.1. The molecule has 0 bridgehead atoms. The Bertz CT molecular complexity index is 620. The summed E-state index contributed by atoms with van der Waals surface area (Å²) in [5.74, 6) is 0.478. The fraction of sp³-hybridized carbons (Fsp3) is 0.333. The number of hydrogen-bond donors (Lipinski definition) is 2. The zero-order valence-corrected chi connectivity index (χ0v) is 10.9. The summed E-state index contributed by atoms with van der Waals surface area (Å²) in [6.07, 6.45) is 0. The Balaban J connectivity index is 1.81. The molecular weight excluding hydrogens is 238 g/mol. The normalized spacial score (nSPS) is 15.2. The third-order valence-corrected chi connectivity index (χ3v) is 3.57. The second kappa shape index (κ2) is 4.97. The first-order valence-corrected chi connectivity index (χ1v) is 6.59. The van der Waals surface area contributed by atoms with Crippen molar-refractivity contribution in [2.24, 2.45) is 5.92 Å². The van der Waals surface area contributed by atoms with Gasteiger partial charge in [0.15, 0.2) is 0 Å². The number of amides is 1. The molecule has 4 heteroatoms. The average molecular weight is 255 g/mol. The SMILES string of the molecule is Cc1cc(C(=O)NCC2CNC2)nc2ccccc12. The number of hydrogen-bond acceptors (Lipinski definition) is 3. The Morgan fingerprint density at radius 1 is 1.42 bits per heavy atom. The van der Waals surface area contributed by atoms with Gasteiger partial charge in [-0.25, -0.2) is 4.98 Å². The maximum atomic E-state index is 12.1. The zero-order chi connectivity index (χ0) is 13.2. The van der Waals surface area contributed by atoms with Crippen LogP contribution in [0.4, 0.5) is 0 Å². The minimum atomic E-state index is -0.0826. The van der Waals surface area contributed by atoms with Crippen molar-refractivity contribution in [2.75, 3.05) is 19.6 Å². The molecule has 0 radical (unpaired) electrons. The van der Waals surface area contributed by atoms with Crippen LogP contribution < -0.4 is 10.6 Å². The van der Waals surface area contributed by atoms with E-state index in [9.17, 15) is 4.79 Å². The summed E-state index contributed by atoms with van der Waals surface area (Å²) in [6, 6.07) is 9.75. The van der Waals surface area contributed by atoms with E-state index in [0.717, 1.165) is 36.1 Å². The van der Waals surface area contributed by atoms with Crippen molar-refractivity contribution in [3.8, 4) is 0 Å². The molecule has 0 aliphatic carbocycles. The van der Waals surface area contributed by atoms with Gasteiger partial charge in [-0.1, -0.05) is 18.2 Å². The second-order valence-electron chi connectivity index (χ2n) is 5.08. The summed E-state index contributed by atoms with van der Waals surface area (Å²) in [4.78, 5) is 16.5. The van der Waals surface area contributed by atoms with E-state index in [4.69, 9.17) is 0 Å². The summed E-state index contributed by atoms with van der Waals surface area (Å²) in [6.45, 7) is 4.71. The number of aromatic nitrogens is 1. The van der Waals surface area contributed by atoms with E-state index in [1.165, 1.54) is 0 Å². The molecule has 1 amide bonds. The topological polar surface area (TPSA) is 54.0 Å². The molecule has 1 aromatic heterocycles. The molecule has 2 aromatic rings. The fourth-order valence-corrected chi connectivity index (χ4v) is 2.29. The van der Waals surface area contributed by atoms with Gasteiger partial charge in [0.2, 0.25) is 0 Å². The van der Waals surface area contributed by atoms with Gasteiger partial charge in [0.05, 0.1) is 5.52 Å². The zero-order valence-electron chi connectivity index (χ0n) is 10.9. The molecule has 1 aliphatic heterocycles. The molecule has 3 rings (SSSR count). The molecule has 0 saturated carbocycles. The highest BCUT2D eigenvalue weighted by Crippen LogP contribution is 2.17. The number of nitrogens with zero attached hydrogens (tertiary/aromatic N) is 1. The van der Waals surface area contributed by atoms with Crippen LogP contribution >= 0.6 is 0 Å². The molecule has 0 unspecified atom stereocenters. The number of para-hydroxylation sites is 1. The molecule has 0 atom stereocenters. The number of fused-ring (bicyclic) bond motifs is 1. The van der Waals surface area contributed by atoms with Crippen LogP contribution in [0, 0.1) is 12.8 Å². The molecule has 0 spiro atoms. The lowest BCUT2D eigenvalue weighted by molar-refractivity contribution is 0.0937. The molecule has 1 fully saturated rings. The maximum absolute atomic E-state index is 12.1. The van der Waals surface area contributed by atoms with Crippen LogP contribution in [0.3, 0.4) is 0 Å². The highest BCUT2D eigenvalue weighted by Gasteiger charge is 2.18. The van der Waals surface area contributed by atoms with Crippen LogP contribution in [0.5, 0.6) is 0 Å². The first-order chi connectivity index (χ1) is 9.24. The lowest BCUT2D eigenvalue weighted by atomic mass is 10.0. The monoisotopic (exact) mass is 255 g/mol. The minimum absolute atomic E-state index is 0.0826. The lowest BCUT2D eigenvalue weighted by Gasteiger charge is -2.27. The van der Waals surface area contributed by atoms with Crippen LogP contribution in [0.15, 0.2) is 30.3 Å². The highest BCUT2D eigenvalue weighted by atomic mass is 16.1. The number of carbonyl (C=O) groups is 1. The Hall–Kier alpha value is -1.94. The fourth-order valence-electron chi connectivity index (χ4n) is 2.29. The third kappa shape index (κ3) is 2.44. The van der Waals surface area contributed by atoms with Gasteiger partial charge < -0.3 is 10.6 Å². The van der Waals surface area contributed by atoms with Gasteiger partial charge in [-0.05, 0) is 24.6 Å². The van der Waals surface area contributed by atoms with Crippen LogP contribution in [-0.4, -0.2) is 30.5 Å². The van der Waals surface area contributed by atoms with Crippen molar-refractivity contribution < 1.29 is 4.79 Å². The van der Waals surface area contributed by atoms with Gasteiger partial charge in [-0.3, -0.25) is 4.79 Å². The summed E-state index contributed by atoms with van der Waals surface area (Å²) in [5.41, 5.74) is 2.46.